The van der Waals surface area contributed by atoms with E-state index in [4.69, 9.17) is 5.73 Å². The molecule has 1 unspecified atom stereocenters. The first kappa shape index (κ1) is 18.9. The van der Waals surface area contributed by atoms with E-state index in [0.29, 0.717) is 0 Å². The Morgan fingerprint density at radius 2 is 1.65 bits per heavy atom. The molecule has 0 aliphatic rings. The topological polar surface area (TPSA) is 43.1 Å². The number of carbonyl (C=O) groups is 1. The molecule has 0 aromatic carbocycles. The molecule has 1 amide bonds. The van der Waals surface area contributed by atoms with Crippen molar-refractivity contribution in [2.24, 2.45) is 11.7 Å². The molecule has 0 aliphatic heterocycles. The lowest BCUT2D eigenvalue weighted by Gasteiger charge is -2.07. The van der Waals surface area contributed by atoms with Crippen LogP contribution in [0.1, 0.15) is 79.1 Å². The van der Waals surface area contributed by atoms with E-state index in [1.807, 2.05) is 6.92 Å². The normalized spacial score (nSPS) is 14.4. The fraction of sp³-hybridized carbons (Fsp3) is 0.722. The van der Waals surface area contributed by atoms with E-state index >= 15 is 0 Å². The van der Waals surface area contributed by atoms with Gasteiger partial charge < -0.3 is 5.73 Å². The molecule has 116 valence electrons. The zero-order valence-corrected chi connectivity index (χ0v) is 13.9. The fourth-order valence-corrected chi connectivity index (χ4v) is 2.13. The molecule has 2 N–H and O–H groups in total. The molecule has 20 heavy (non-hydrogen) atoms. The first-order valence-corrected chi connectivity index (χ1v) is 8.08. The molecule has 0 rings (SSSR count). The van der Waals surface area contributed by atoms with Crippen molar-refractivity contribution >= 4 is 5.91 Å². The van der Waals surface area contributed by atoms with Gasteiger partial charge in [0.1, 0.15) is 0 Å². The second-order valence-electron chi connectivity index (χ2n) is 5.98. The Kier molecular flexibility index (Phi) is 11.1. The summed E-state index contributed by atoms with van der Waals surface area (Å²) < 4.78 is 0. The predicted octanol–water partition coefficient (Wildman–Crippen LogP) is 5.14. The third-order valence-corrected chi connectivity index (χ3v) is 3.78. The standard InChI is InChI=1S/C18H33NO/c1-5-6-7-10-15(2)11-8-12-16(3)13-9-14-17(4)18(19)20/h10,12,17H,5-9,11,13-14H2,1-4H3,(H2,19,20)/b15-10+,16-12+. The molecule has 0 heterocycles. The molecule has 0 saturated heterocycles. The molecule has 0 saturated carbocycles. The van der Waals surface area contributed by atoms with Crippen molar-refractivity contribution in [2.75, 3.05) is 0 Å². The number of unbranched alkanes of at least 4 members (excludes halogenated alkanes) is 2. The minimum Gasteiger partial charge on any atom is -0.369 e. The Labute approximate surface area is 125 Å². The van der Waals surface area contributed by atoms with E-state index < -0.39 is 0 Å². The van der Waals surface area contributed by atoms with E-state index in [1.54, 1.807) is 0 Å². The Hall–Kier alpha value is -1.05. The maximum Gasteiger partial charge on any atom is 0.220 e. The first-order valence-electron chi connectivity index (χ1n) is 8.08. The number of carbonyl (C=O) groups excluding carboxylic acids is 1. The van der Waals surface area contributed by atoms with Crippen molar-refractivity contribution in [3.63, 3.8) is 0 Å². The summed E-state index contributed by atoms with van der Waals surface area (Å²) in [6.07, 6.45) is 13.8. The molecule has 2 nitrogen and oxygen atoms in total. The average molecular weight is 279 g/mol. The van der Waals surface area contributed by atoms with Gasteiger partial charge in [-0.3, -0.25) is 4.79 Å². The summed E-state index contributed by atoms with van der Waals surface area (Å²) in [4.78, 5) is 10.9. The van der Waals surface area contributed by atoms with Crippen LogP contribution in [0.15, 0.2) is 23.3 Å². The maximum absolute atomic E-state index is 10.9. The molecular formula is C18H33NO. The van der Waals surface area contributed by atoms with Crippen molar-refractivity contribution in [3.8, 4) is 0 Å². The van der Waals surface area contributed by atoms with E-state index in [2.05, 4.69) is 32.9 Å². The second kappa shape index (κ2) is 11.7. The molecule has 0 aliphatic carbocycles. The van der Waals surface area contributed by atoms with Crippen LogP contribution in [0.25, 0.3) is 0 Å². The van der Waals surface area contributed by atoms with Crippen molar-refractivity contribution in [1.82, 2.24) is 0 Å². The summed E-state index contributed by atoms with van der Waals surface area (Å²) in [5, 5.41) is 0. The Bertz CT molecular complexity index is 328. The molecular weight excluding hydrogens is 246 g/mol. The Balaban J connectivity index is 3.80. The van der Waals surface area contributed by atoms with E-state index in [9.17, 15) is 4.79 Å². The highest BCUT2D eigenvalue weighted by Gasteiger charge is 2.07. The van der Waals surface area contributed by atoms with E-state index in [1.165, 1.54) is 36.8 Å². The number of hydrogen-bond acceptors (Lipinski definition) is 1. The average Bonchev–Trinajstić information content (AvgIpc) is 2.38. The number of allylic oxidation sites excluding steroid dienone is 4. The number of primary amides is 1. The molecule has 1 atom stereocenters. The van der Waals surface area contributed by atoms with E-state index in [-0.39, 0.29) is 11.8 Å². The molecule has 0 spiro atoms. The molecule has 0 aromatic rings. The molecule has 0 radical (unpaired) electrons. The predicted molar refractivity (Wildman–Crippen MR) is 88.5 cm³/mol. The third-order valence-electron chi connectivity index (χ3n) is 3.78. The largest absolute Gasteiger partial charge is 0.369 e. The van der Waals surface area contributed by atoms with Gasteiger partial charge in [0, 0.05) is 5.92 Å². The lowest BCUT2D eigenvalue weighted by atomic mass is 10.00. The zero-order valence-electron chi connectivity index (χ0n) is 13.9. The highest BCUT2D eigenvalue weighted by molar-refractivity contribution is 5.76. The summed E-state index contributed by atoms with van der Waals surface area (Å²) in [5.41, 5.74) is 8.19. The minimum atomic E-state index is -0.181. The van der Waals surface area contributed by atoms with Crippen LogP contribution in [0, 0.1) is 5.92 Å². The molecule has 0 aromatic heterocycles. The molecule has 0 bridgehead atoms. The van der Waals surface area contributed by atoms with Gasteiger partial charge in [0.15, 0.2) is 0 Å². The van der Waals surface area contributed by atoms with Crippen molar-refractivity contribution in [2.45, 2.75) is 79.1 Å². The first-order chi connectivity index (χ1) is 9.47. The summed E-state index contributed by atoms with van der Waals surface area (Å²) in [6.45, 7) is 8.55. The van der Waals surface area contributed by atoms with Gasteiger partial charge in [-0.25, -0.2) is 0 Å². The van der Waals surface area contributed by atoms with Gasteiger partial charge in [0.2, 0.25) is 5.91 Å². The Morgan fingerprint density at radius 1 is 1.05 bits per heavy atom. The van der Waals surface area contributed by atoms with Crippen LogP contribution < -0.4 is 5.73 Å². The van der Waals surface area contributed by atoms with Gasteiger partial charge >= 0.3 is 0 Å². The monoisotopic (exact) mass is 279 g/mol. The van der Waals surface area contributed by atoms with Crippen LogP contribution in [0.5, 0.6) is 0 Å². The van der Waals surface area contributed by atoms with Crippen LogP contribution in [-0.4, -0.2) is 5.91 Å². The van der Waals surface area contributed by atoms with Gasteiger partial charge in [-0.1, -0.05) is 50.0 Å². The summed E-state index contributed by atoms with van der Waals surface area (Å²) in [6, 6.07) is 0. The van der Waals surface area contributed by atoms with E-state index in [0.717, 1.165) is 25.7 Å². The van der Waals surface area contributed by atoms with Crippen LogP contribution in [-0.2, 0) is 4.79 Å². The lowest BCUT2D eigenvalue weighted by Crippen LogP contribution is -2.20. The maximum atomic E-state index is 10.9. The Morgan fingerprint density at radius 3 is 2.25 bits per heavy atom. The molecule has 0 fully saturated rings. The SMILES string of the molecule is CCCC/C=C(\C)CC/C=C(\C)CCCC(C)C(N)=O. The number of nitrogens with two attached hydrogens (primary N) is 1. The third kappa shape index (κ3) is 10.8. The smallest absolute Gasteiger partial charge is 0.220 e. The van der Waals surface area contributed by atoms with Gasteiger partial charge in [-0.05, 0) is 52.4 Å². The van der Waals surface area contributed by atoms with Gasteiger partial charge in [-0.2, -0.15) is 0 Å². The van der Waals surface area contributed by atoms with Gasteiger partial charge in [0.25, 0.3) is 0 Å². The molecule has 2 heteroatoms. The second-order valence-corrected chi connectivity index (χ2v) is 5.98. The fourth-order valence-electron chi connectivity index (χ4n) is 2.13. The summed E-state index contributed by atoms with van der Waals surface area (Å²) in [5.74, 6) is -0.175. The van der Waals surface area contributed by atoms with Gasteiger partial charge in [-0.15, -0.1) is 0 Å². The lowest BCUT2D eigenvalue weighted by molar-refractivity contribution is -0.121. The quantitative estimate of drug-likeness (QED) is 0.413. The highest BCUT2D eigenvalue weighted by atomic mass is 16.1. The summed E-state index contributed by atoms with van der Waals surface area (Å²) >= 11 is 0. The van der Waals surface area contributed by atoms with Crippen LogP contribution in [0.4, 0.5) is 0 Å². The van der Waals surface area contributed by atoms with Gasteiger partial charge in [0.05, 0.1) is 0 Å². The van der Waals surface area contributed by atoms with Crippen LogP contribution in [0.2, 0.25) is 0 Å². The number of hydrogen-bond donors (Lipinski definition) is 1. The minimum absolute atomic E-state index is 0.00606. The van der Waals surface area contributed by atoms with Crippen LogP contribution in [0.3, 0.4) is 0 Å². The summed E-state index contributed by atoms with van der Waals surface area (Å²) in [7, 11) is 0. The van der Waals surface area contributed by atoms with Crippen molar-refractivity contribution in [1.29, 1.82) is 0 Å². The number of rotatable bonds is 11. The number of amides is 1. The van der Waals surface area contributed by atoms with Crippen molar-refractivity contribution in [3.05, 3.63) is 23.3 Å². The zero-order chi connectivity index (χ0) is 15.4. The highest BCUT2D eigenvalue weighted by Crippen LogP contribution is 2.14. The van der Waals surface area contributed by atoms with Crippen LogP contribution >= 0.6 is 0 Å². The van der Waals surface area contributed by atoms with Crippen molar-refractivity contribution < 1.29 is 4.79 Å².